The number of amides is 1. The summed E-state index contributed by atoms with van der Waals surface area (Å²) in [7, 11) is 0. The zero-order chi connectivity index (χ0) is 18.0. The molecule has 0 spiro atoms. The quantitative estimate of drug-likeness (QED) is 0.559. The van der Waals surface area contributed by atoms with Crippen LogP contribution in [0.15, 0.2) is 18.2 Å². The minimum absolute atomic E-state index is 0.200. The van der Waals surface area contributed by atoms with Crippen LogP contribution in [0.25, 0.3) is 0 Å². The molecule has 2 saturated heterocycles. The average molecular weight is 359 g/mol. The van der Waals surface area contributed by atoms with Gasteiger partial charge in [-0.15, -0.1) is 0 Å². The number of benzene rings is 1. The van der Waals surface area contributed by atoms with Crippen LogP contribution in [0.3, 0.4) is 0 Å². The van der Waals surface area contributed by atoms with Crippen LogP contribution >= 0.6 is 0 Å². The first kappa shape index (κ1) is 18.1. The van der Waals surface area contributed by atoms with Crippen LogP contribution in [-0.2, 0) is 6.18 Å². The molecule has 2 bridgehead atoms. The first-order valence-electron chi connectivity index (χ1n) is 8.47. The molecule has 1 aromatic rings. The van der Waals surface area contributed by atoms with E-state index in [0.29, 0.717) is 43.3 Å². The first-order valence-corrected chi connectivity index (χ1v) is 8.47. The molecule has 1 aromatic carbocycles. The van der Waals surface area contributed by atoms with Crippen molar-refractivity contribution < 1.29 is 22.4 Å². The largest absolute Gasteiger partial charge is 0.419 e. The Morgan fingerprint density at radius 3 is 2.48 bits per heavy atom. The third-order valence-electron chi connectivity index (χ3n) is 4.85. The van der Waals surface area contributed by atoms with E-state index in [0.717, 1.165) is 18.9 Å². The van der Waals surface area contributed by atoms with Gasteiger partial charge < -0.3 is 16.0 Å². The molecular formula is C17H21F4N3O. The average Bonchev–Trinajstić information content (AvgIpc) is 2.89. The highest BCUT2D eigenvalue weighted by atomic mass is 19.4. The molecule has 2 aliphatic heterocycles. The van der Waals surface area contributed by atoms with Crippen molar-refractivity contribution in [3.05, 3.63) is 35.1 Å². The minimum Gasteiger partial charge on any atom is -0.351 e. The van der Waals surface area contributed by atoms with Gasteiger partial charge >= 0.3 is 6.18 Å². The predicted molar refractivity (Wildman–Crippen MR) is 84.7 cm³/mol. The molecule has 4 nitrogen and oxygen atoms in total. The van der Waals surface area contributed by atoms with Crippen molar-refractivity contribution in [1.82, 2.24) is 16.0 Å². The van der Waals surface area contributed by atoms with Crippen molar-refractivity contribution in [1.29, 1.82) is 0 Å². The topological polar surface area (TPSA) is 53.2 Å². The first-order chi connectivity index (χ1) is 11.8. The molecule has 3 N–H and O–H groups in total. The lowest BCUT2D eigenvalue weighted by Gasteiger charge is -2.29. The molecule has 0 aromatic heterocycles. The van der Waals surface area contributed by atoms with E-state index in [2.05, 4.69) is 16.0 Å². The molecule has 3 rings (SSSR count). The zero-order valence-corrected chi connectivity index (χ0v) is 13.6. The lowest BCUT2D eigenvalue weighted by atomic mass is 10.00. The van der Waals surface area contributed by atoms with Crippen LogP contribution in [0.1, 0.15) is 41.6 Å². The normalized spacial score (nSPS) is 25.8. The van der Waals surface area contributed by atoms with E-state index < -0.39 is 23.5 Å². The summed E-state index contributed by atoms with van der Waals surface area (Å²) in [6.07, 6.45) is -0.317. The summed E-state index contributed by atoms with van der Waals surface area (Å²) in [6, 6.07) is 3.79. The van der Waals surface area contributed by atoms with Gasteiger partial charge in [0, 0.05) is 36.8 Å². The van der Waals surface area contributed by atoms with E-state index >= 15 is 0 Å². The maximum Gasteiger partial charge on any atom is 0.419 e. The Balaban J connectivity index is 1.46. The van der Waals surface area contributed by atoms with Crippen LogP contribution in [0.2, 0.25) is 0 Å². The van der Waals surface area contributed by atoms with Crippen molar-refractivity contribution in [3.8, 4) is 0 Å². The highest BCUT2D eigenvalue weighted by Crippen LogP contribution is 2.32. The SMILES string of the molecule is O=C(NCCNC1CC2CCC(C1)N2)c1ccc(F)c(C(F)(F)F)c1. The molecule has 1 amide bonds. The number of carbonyl (C=O) groups is 1. The van der Waals surface area contributed by atoms with Gasteiger partial charge in [-0.05, 0) is 43.9 Å². The molecule has 138 valence electrons. The Morgan fingerprint density at radius 1 is 1.16 bits per heavy atom. The van der Waals surface area contributed by atoms with Crippen LogP contribution in [0.5, 0.6) is 0 Å². The van der Waals surface area contributed by atoms with Crippen molar-refractivity contribution >= 4 is 5.91 Å². The molecule has 0 aliphatic carbocycles. The molecule has 25 heavy (non-hydrogen) atoms. The summed E-state index contributed by atoms with van der Waals surface area (Å²) in [6.45, 7) is 0.847. The second kappa shape index (κ2) is 7.29. The summed E-state index contributed by atoms with van der Waals surface area (Å²) in [5.74, 6) is -2.02. The molecule has 2 unspecified atom stereocenters. The van der Waals surface area contributed by atoms with E-state index in [1.807, 2.05) is 0 Å². The van der Waals surface area contributed by atoms with Crippen LogP contribution in [0.4, 0.5) is 17.6 Å². The number of hydrogen-bond donors (Lipinski definition) is 3. The van der Waals surface area contributed by atoms with Gasteiger partial charge in [-0.3, -0.25) is 4.79 Å². The monoisotopic (exact) mass is 359 g/mol. The van der Waals surface area contributed by atoms with Crippen molar-refractivity contribution in [2.24, 2.45) is 0 Å². The summed E-state index contributed by atoms with van der Waals surface area (Å²) < 4.78 is 51.3. The van der Waals surface area contributed by atoms with Gasteiger partial charge in [0.05, 0.1) is 5.56 Å². The van der Waals surface area contributed by atoms with Gasteiger partial charge in [-0.2, -0.15) is 13.2 Å². The highest BCUT2D eigenvalue weighted by Gasteiger charge is 2.35. The van der Waals surface area contributed by atoms with Gasteiger partial charge in [0.15, 0.2) is 0 Å². The van der Waals surface area contributed by atoms with E-state index in [4.69, 9.17) is 0 Å². The fourth-order valence-electron chi connectivity index (χ4n) is 3.66. The number of halogens is 4. The fraction of sp³-hybridized carbons (Fsp3) is 0.588. The lowest BCUT2D eigenvalue weighted by molar-refractivity contribution is -0.140. The summed E-state index contributed by atoms with van der Waals surface area (Å²) in [4.78, 5) is 12.0. The summed E-state index contributed by atoms with van der Waals surface area (Å²) >= 11 is 0. The van der Waals surface area contributed by atoms with Gasteiger partial charge in [-0.25, -0.2) is 4.39 Å². The molecule has 0 radical (unpaired) electrons. The maximum atomic E-state index is 13.2. The van der Waals surface area contributed by atoms with Crippen LogP contribution in [-0.4, -0.2) is 37.1 Å². The Kier molecular flexibility index (Phi) is 5.29. The molecule has 2 heterocycles. The number of hydrogen-bond acceptors (Lipinski definition) is 3. The van der Waals surface area contributed by atoms with Gasteiger partial charge in [-0.1, -0.05) is 0 Å². The molecule has 2 atom stereocenters. The van der Waals surface area contributed by atoms with Gasteiger partial charge in [0.25, 0.3) is 5.91 Å². The van der Waals surface area contributed by atoms with Crippen molar-refractivity contribution in [2.75, 3.05) is 13.1 Å². The van der Waals surface area contributed by atoms with E-state index in [9.17, 15) is 22.4 Å². The third-order valence-corrected chi connectivity index (χ3v) is 4.85. The lowest BCUT2D eigenvalue weighted by Crippen LogP contribution is -2.47. The number of alkyl halides is 3. The Hall–Kier alpha value is -1.67. The van der Waals surface area contributed by atoms with E-state index in [-0.39, 0.29) is 5.56 Å². The highest BCUT2D eigenvalue weighted by molar-refractivity contribution is 5.94. The van der Waals surface area contributed by atoms with E-state index in [1.165, 1.54) is 12.8 Å². The number of rotatable bonds is 5. The Morgan fingerprint density at radius 2 is 1.84 bits per heavy atom. The van der Waals surface area contributed by atoms with Gasteiger partial charge in [0.1, 0.15) is 5.82 Å². The van der Waals surface area contributed by atoms with Crippen LogP contribution in [0, 0.1) is 5.82 Å². The standard InChI is InChI=1S/C17H21F4N3O/c18-15-4-1-10(7-14(15)17(19,20)21)16(25)23-6-5-22-13-8-11-2-3-12(9-13)24-11/h1,4,7,11-13,22,24H,2-3,5-6,8-9H2,(H,23,25). The molecule has 0 saturated carbocycles. The second-order valence-electron chi connectivity index (χ2n) is 6.71. The second-order valence-corrected chi connectivity index (χ2v) is 6.71. The number of nitrogens with one attached hydrogen (secondary N) is 3. The van der Waals surface area contributed by atoms with E-state index in [1.54, 1.807) is 0 Å². The number of piperidine rings is 1. The van der Waals surface area contributed by atoms with Crippen molar-refractivity contribution in [3.63, 3.8) is 0 Å². The molecule has 8 heteroatoms. The minimum atomic E-state index is -4.82. The number of fused-ring (bicyclic) bond motifs is 2. The molecule has 2 fully saturated rings. The number of carbonyl (C=O) groups excluding carboxylic acids is 1. The maximum absolute atomic E-state index is 13.2. The van der Waals surface area contributed by atoms with Gasteiger partial charge in [0.2, 0.25) is 0 Å². The molecular weight excluding hydrogens is 338 g/mol. The third kappa shape index (κ3) is 4.49. The fourth-order valence-corrected chi connectivity index (χ4v) is 3.66. The zero-order valence-electron chi connectivity index (χ0n) is 13.6. The van der Waals surface area contributed by atoms with Crippen LogP contribution < -0.4 is 16.0 Å². The van der Waals surface area contributed by atoms with Crippen molar-refractivity contribution in [2.45, 2.75) is 50.0 Å². The summed E-state index contributed by atoms with van der Waals surface area (Å²) in [5.41, 5.74) is -1.63. The summed E-state index contributed by atoms with van der Waals surface area (Å²) in [5, 5.41) is 9.49. The Bertz CT molecular complexity index is 623. The smallest absolute Gasteiger partial charge is 0.351 e. The predicted octanol–water partition coefficient (Wildman–Crippen LogP) is 2.45. The molecule has 2 aliphatic rings. The Labute approximate surface area is 143 Å².